The van der Waals surface area contributed by atoms with Gasteiger partial charge in [0.05, 0.1) is 19.8 Å². The summed E-state index contributed by atoms with van der Waals surface area (Å²) in [6.07, 6.45) is -0.906. The molecule has 0 aromatic heterocycles. The summed E-state index contributed by atoms with van der Waals surface area (Å²) in [5, 5.41) is 12.4. The average molecular weight is 517 g/mol. The summed E-state index contributed by atoms with van der Waals surface area (Å²) in [4.78, 5) is 26.9. The van der Waals surface area contributed by atoms with Crippen molar-refractivity contribution in [3.63, 3.8) is 0 Å². The molecule has 2 amide bonds. The van der Waals surface area contributed by atoms with Gasteiger partial charge >= 0.3 is 0 Å². The molecule has 0 fully saturated rings. The van der Waals surface area contributed by atoms with E-state index in [2.05, 4.69) is 58.6 Å². The summed E-state index contributed by atoms with van der Waals surface area (Å²) in [6.45, 7) is 13.6. The smallest absolute Gasteiger partial charge is 0.251 e. The molecule has 37 heavy (non-hydrogen) atoms. The van der Waals surface area contributed by atoms with Crippen LogP contribution in [0.25, 0.3) is 10.4 Å². The molecule has 1 aromatic carbocycles. The van der Waals surface area contributed by atoms with E-state index >= 15 is 0 Å². The van der Waals surface area contributed by atoms with Crippen molar-refractivity contribution in [3.05, 3.63) is 40.3 Å². The quantitative estimate of drug-likeness (QED) is 0.107. The van der Waals surface area contributed by atoms with E-state index in [4.69, 9.17) is 19.7 Å². The molecule has 0 aliphatic carbocycles. The molecule has 0 heterocycles. The van der Waals surface area contributed by atoms with Gasteiger partial charge in [0.25, 0.3) is 5.91 Å². The van der Waals surface area contributed by atoms with E-state index in [0.717, 1.165) is 0 Å². The van der Waals surface area contributed by atoms with E-state index in [9.17, 15) is 9.59 Å². The summed E-state index contributed by atoms with van der Waals surface area (Å²) in [6, 6.07) is 6.69. The Morgan fingerprint density at radius 2 is 1.86 bits per heavy atom. The highest BCUT2D eigenvalue weighted by Gasteiger charge is 2.12. The van der Waals surface area contributed by atoms with Gasteiger partial charge in [-0.15, -0.1) is 0 Å². The minimum Gasteiger partial charge on any atom is -0.491 e. The molecule has 0 spiro atoms. The Morgan fingerprint density at radius 3 is 2.54 bits per heavy atom. The molecular weight excluding hydrogens is 476 g/mol. The number of carbonyl (C=O) groups excluding carboxylic acids is 2. The first-order valence-electron chi connectivity index (χ1n) is 12.2. The molecule has 11 heteroatoms. The van der Waals surface area contributed by atoms with Gasteiger partial charge in [0.15, 0.2) is 6.23 Å². The van der Waals surface area contributed by atoms with E-state index in [1.165, 1.54) is 0 Å². The minimum atomic E-state index is -0.906. The Hall–Kier alpha value is -3.29. The zero-order valence-corrected chi connectivity index (χ0v) is 22.7. The van der Waals surface area contributed by atoms with Crippen LogP contribution in [0.4, 0.5) is 0 Å². The van der Waals surface area contributed by atoms with Gasteiger partial charge in [-0.3, -0.25) is 9.59 Å². The van der Waals surface area contributed by atoms with Crippen molar-refractivity contribution in [2.75, 3.05) is 46.1 Å². The lowest BCUT2D eigenvalue weighted by atomic mass is 9.98. The highest BCUT2D eigenvalue weighted by atomic mass is 16.6. The van der Waals surface area contributed by atoms with Crippen LogP contribution in [0.5, 0.6) is 5.75 Å². The SMILES string of the molecule is CC(C)(C)C#CCNC(=O)COCCOC(COc1cccc(C(=O)NCCNC(C)(C)C)c1)N=[N+]=[N-]. The molecule has 0 saturated heterocycles. The van der Waals surface area contributed by atoms with Crippen LogP contribution in [0.3, 0.4) is 0 Å². The van der Waals surface area contributed by atoms with Gasteiger partial charge in [-0.25, -0.2) is 0 Å². The number of amides is 2. The Balaban J connectivity index is 2.37. The molecule has 0 bridgehead atoms. The van der Waals surface area contributed by atoms with Crippen molar-refractivity contribution < 1.29 is 23.8 Å². The van der Waals surface area contributed by atoms with Gasteiger partial charge in [0, 0.05) is 34.5 Å². The first-order valence-corrected chi connectivity index (χ1v) is 12.2. The third kappa shape index (κ3) is 16.9. The summed E-state index contributed by atoms with van der Waals surface area (Å²) < 4.78 is 16.4. The van der Waals surface area contributed by atoms with Crippen molar-refractivity contribution in [1.82, 2.24) is 16.0 Å². The van der Waals surface area contributed by atoms with Crippen LogP contribution >= 0.6 is 0 Å². The number of nitrogens with zero attached hydrogens (tertiary/aromatic N) is 3. The summed E-state index contributed by atoms with van der Waals surface area (Å²) in [7, 11) is 0. The number of benzene rings is 1. The van der Waals surface area contributed by atoms with Gasteiger partial charge in [-0.1, -0.05) is 23.0 Å². The predicted octanol–water partition coefficient (Wildman–Crippen LogP) is 3.02. The van der Waals surface area contributed by atoms with Crippen LogP contribution in [0.15, 0.2) is 29.4 Å². The molecule has 1 rings (SSSR count). The number of hydrogen-bond acceptors (Lipinski definition) is 7. The van der Waals surface area contributed by atoms with Crippen LogP contribution in [0, 0.1) is 17.3 Å². The second-order valence-corrected chi connectivity index (χ2v) is 10.2. The summed E-state index contributed by atoms with van der Waals surface area (Å²) in [5.41, 5.74) is 9.11. The fourth-order valence-electron chi connectivity index (χ4n) is 2.69. The van der Waals surface area contributed by atoms with Gasteiger partial charge in [0.2, 0.25) is 5.91 Å². The fraction of sp³-hybridized carbons (Fsp3) is 0.615. The third-order valence-corrected chi connectivity index (χ3v) is 4.34. The van der Waals surface area contributed by atoms with E-state index in [1.54, 1.807) is 24.3 Å². The Labute approximate surface area is 219 Å². The molecule has 1 atom stereocenters. The summed E-state index contributed by atoms with van der Waals surface area (Å²) in [5.74, 6) is 5.85. The largest absolute Gasteiger partial charge is 0.491 e. The van der Waals surface area contributed by atoms with E-state index in [0.29, 0.717) is 24.4 Å². The van der Waals surface area contributed by atoms with Crippen molar-refractivity contribution in [2.45, 2.75) is 53.3 Å². The van der Waals surface area contributed by atoms with Crippen molar-refractivity contribution >= 4 is 11.8 Å². The Bertz CT molecular complexity index is 968. The molecule has 0 aliphatic heterocycles. The van der Waals surface area contributed by atoms with Gasteiger partial charge in [-0.05, 0) is 65.3 Å². The molecule has 0 saturated carbocycles. The van der Waals surface area contributed by atoms with E-state index in [-0.39, 0.29) is 55.7 Å². The van der Waals surface area contributed by atoms with Crippen LogP contribution in [0.1, 0.15) is 51.9 Å². The number of azide groups is 1. The highest BCUT2D eigenvalue weighted by Crippen LogP contribution is 2.14. The maximum absolute atomic E-state index is 12.4. The van der Waals surface area contributed by atoms with Crippen LogP contribution in [0.2, 0.25) is 0 Å². The normalized spacial score (nSPS) is 11.9. The van der Waals surface area contributed by atoms with Gasteiger partial charge < -0.3 is 30.2 Å². The van der Waals surface area contributed by atoms with E-state index in [1.807, 2.05) is 20.8 Å². The first kappa shape index (κ1) is 31.7. The zero-order chi connectivity index (χ0) is 27.7. The molecule has 204 valence electrons. The Morgan fingerprint density at radius 1 is 1.11 bits per heavy atom. The number of ether oxygens (including phenoxy) is 3. The van der Waals surface area contributed by atoms with Crippen molar-refractivity contribution in [3.8, 4) is 17.6 Å². The lowest BCUT2D eigenvalue weighted by Gasteiger charge is -2.20. The fourth-order valence-corrected chi connectivity index (χ4v) is 2.69. The van der Waals surface area contributed by atoms with E-state index < -0.39 is 6.23 Å². The number of carbonyl (C=O) groups is 2. The predicted molar refractivity (Wildman–Crippen MR) is 142 cm³/mol. The second-order valence-electron chi connectivity index (χ2n) is 10.2. The average Bonchev–Trinajstić information content (AvgIpc) is 2.81. The molecule has 0 aliphatic rings. The zero-order valence-electron chi connectivity index (χ0n) is 22.7. The second kappa shape index (κ2) is 16.5. The van der Waals surface area contributed by atoms with Gasteiger partial charge in [0.1, 0.15) is 19.0 Å². The monoisotopic (exact) mass is 516 g/mol. The lowest BCUT2D eigenvalue weighted by Crippen LogP contribution is -2.41. The number of rotatable bonds is 15. The third-order valence-electron chi connectivity index (χ3n) is 4.34. The van der Waals surface area contributed by atoms with Crippen molar-refractivity contribution in [1.29, 1.82) is 0 Å². The maximum atomic E-state index is 12.4. The molecule has 11 nitrogen and oxygen atoms in total. The minimum absolute atomic E-state index is 0.0227. The number of hydrogen-bond donors (Lipinski definition) is 3. The molecule has 1 aromatic rings. The topological polar surface area (TPSA) is 147 Å². The molecule has 0 radical (unpaired) electrons. The standard InChI is InChI=1S/C26H40N6O5/c1-25(2,3)11-8-12-28-22(33)18-35-15-16-36-23(31-32-27)19-37-21-10-7-9-20(17-21)24(34)29-13-14-30-26(4,5)6/h7,9-10,17,23,30H,12-16,18-19H2,1-6H3,(H,28,33)(H,29,34). The van der Waals surface area contributed by atoms with Crippen molar-refractivity contribution in [2.24, 2.45) is 10.5 Å². The highest BCUT2D eigenvalue weighted by molar-refractivity contribution is 5.94. The molecule has 1 unspecified atom stereocenters. The van der Waals surface area contributed by atoms with Crippen LogP contribution in [-0.4, -0.2) is 69.6 Å². The molecule has 3 N–H and O–H groups in total. The van der Waals surface area contributed by atoms with Crippen LogP contribution < -0.4 is 20.7 Å². The lowest BCUT2D eigenvalue weighted by molar-refractivity contribution is -0.126. The van der Waals surface area contributed by atoms with Gasteiger partial charge in [-0.2, -0.15) is 0 Å². The Kier molecular flexibility index (Phi) is 14.1. The number of nitrogens with one attached hydrogen (secondary N) is 3. The maximum Gasteiger partial charge on any atom is 0.251 e. The summed E-state index contributed by atoms with van der Waals surface area (Å²) >= 11 is 0. The van der Waals surface area contributed by atoms with Crippen LogP contribution in [-0.2, 0) is 14.3 Å². The molecular formula is C26H40N6O5. The first-order chi connectivity index (χ1) is 17.4.